The van der Waals surface area contributed by atoms with Gasteiger partial charge in [-0.1, -0.05) is 6.92 Å². The van der Waals surface area contributed by atoms with E-state index in [1.54, 1.807) is 0 Å². The van der Waals surface area contributed by atoms with Gasteiger partial charge in [0, 0.05) is 26.2 Å². The van der Waals surface area contributed by atoms with E-state index in [9.17, 15) is 4.79 Å². The van der Waals surface area contributed by atoms with Gasteiger partial charge in [0.2, 0.25) is 0 Å². The lowest BCUT2D eigenvalue weighted by atomic mass is 9.88. The van der Waals surface area contributed by atoms with E-state index < -0.39 is 5.54 Å². The summed E-state index contributed by atoms with van der Waals surface area (Å²) in [4.78, 5) is 17.6. The molecule has 2 aliphatic rings. The van der Waals surface area contributed by atoms with Gasteiger partial charge in [-0.2, -0.15) is 0 Å². The number of carbonyl (C=O) groups is 1. The minimum absolute atomic E-state index is 0.00449. The molecule has 0 radical (unpaired) electrons. The zero-order valence-electron chi connectivity index (χ0n) is 13.7. The molecule has 2 fully saturated rings. The molecule has 5 nitrogen and oxygen atoms in total. The molecule has 21 heavy (non-hydrogen) atoms. The Morgan fingerprint density at radius 2 is 1.95 bits per heavy atom. The van der Waals surface area contributed by atoms with Crippen molar-refractivity contribution in [3.63, 3.8) is 0 Å². The summed E-state index contributed by atoms with van der Waals surface area (Å²) in [5.41, 5.74) is -0.397. The van der Waals surface area contributed by atoms with Gasteiger partial charge in [-0.3, -0.25) is 9.69 Å². The van der Waals surface area contributed by atoms with E-state index >= 15 is 0 Å². The molecule has 1 N–H and O–H groups in total. The second-order valence-electron chi connectivity index (χ2n) is 6.13. The molecule has 2 saturated heterocycles. The largest absolute Gasteiger partial charge is 0.465 e. The van der Waals surface area contributed by atoms with E-state index in [2.05, 4.69) is 22.0 Å². The van der Waals surface area contributed by atoms with Crippen molar-refractivity contribution in [2.75, 3.05) is 52.4 Å². The number of rotatable bonds is 4. The maximum Gasteiger partial charge on any atom is 0.326 e. The zero-order chi connectivity index (χ0) is 15.1. The van der Waals surface area contributed by atoms with Crippen LogP contribution in [0.1, 0.15) is 39.5 Å². The van der Waals surface area contributed by atoms with Gasteiger partial charge in [-0.25, -0.2) is 0 Å². The fourth-order valence-corrected chi connectivity index (χ4v) is 3.68. The summed E-state index contributed by atoms with van der Waals surface area (Å²) in [5, 5.41) is 3.44. The van der Waals surface area contributed by atoms with Crippen LogP contribution in [0.2, 0.25) is 0 Å². The van der Waals surface area contributed by atoms with E-state index in [1.165, 1.54) is 0 Å². The monoisotopic (exact) mass is 297 g/mol. The number of carbonyl (C=O) groups excluding carboxylic acids is 1. The highest BCUT2D eigenvalue weighted by atomic mass is 16.5. The molecule has 0 aromatic carbocycles. The summed E-state index contributed by atoms with van der Waals surface area (Å²) in [6.45, 7) is 11.7. The van der Waals surface area contributed by atoms with Crippen molar-refractivity contribution in [1.29, 1.82) is 0 Å². The van der Waals surface area contributed by atoms with Crippen molar-refractivity contribution in [3.05, 3.63) is 0 Å². The van der Waals surface area contributed by atoms with Gasteiger partial charge in [-0.15, -0.1) is 0 Å². The fraction of sp³-hybridized carbons (Fsp3) is 0.938. The molecule has 2 heterocycles. The van der Waals surface area contributed by atoms with Gasteiger partial charge >= 0.3 is 5.97 Å². The number of ether oxygens (including phenoxy) is 1. The lowest BCUT2D eigenvalue weighted by Crippen LogP contribution is -2.57. The van der Waals surface area contributed by atoms with Crippen molar-refractivity contribution in [1.82, 2.24) is 15.1 Å². The van der Waals surface area contributed by atoms with Crippen LogP contribution in [0.4, 0.5) is 0 Å². The van der Waals surface area contributed by atoms with Crippen LogP contribution in [0.5, 0.6) is 0 Å². The number of nitrogens with zero attached hydrogens (tertiary/aromatic N) is 2. The normalized spacial score (nSPS) is 29.6. The van der Waals surface area contributed by atoms with Gasteiger partial charge in [0.25, 0.3) is 0 Å². The number of likely N-dealkylation sites (tertiary alicyclic amines) is 1. The predicted octanol–water partition coefficient (Wildman–Crippen LogP) is 1.09. The van der Waals surface area contributed by atoms with Crippen LogP contribution in [-0.4, -0.2) is 73.7 Å². The van der Waals surface area contributed by atoms with Gasteiger partial charge in [0.05, 0.1) is 6.61 Å². The highest BCUT2D eigenvalue weighted by molar-refractivity contribution is 5.81. The highest BCUT2D eigenvalue weighted by Crippen LogP contribution is 2.31. The molecule has 122 valence electrons. The Balaban J connectivity index is 2.18. The van der Waals surface area contributed by atoms with Gasteiger partial charge in [0.1, 0.15) is 5.54 Å². The summed E-state index contributed by atoms with van der Waals surface area (Å²) in [5.74, 6) is 0.00449. The molecule has 0 aliphatic carbocycles. The van der Waals surface area contributed by atoms with Crippen LogP contribution in [0.25, 0.3) is 0 Å². The average Bonchev–Trinajstić information content (AvgIpc) is 2.88. The predicted molar refractivity (Wildman–Crippen MR) is 84.4 cm³/mol. The first-order chi connectivity index (χ1) is 10.2. The van der Waals surface area contributed by atoms with E-state index in [-0.39, 0.29) is 5.97 Å². The molecular formula is C16H31N3O2. The summed E-state index contributed by atoms with van der Waals surface area (Å²) >= 11 is 0. The molecule has 2 rings (SSSR count). The molecule has 0 spiro atoms. The quantitative estimate of drug-likeness (QED) is 0.787. The molecule has 2 aliphatic heterocycles. The first-order valence-corrected chi connectivity index (χ1v) is 8.58. The van der Waals surface area contributed by atoms with E-state index in [4.69, 9.17) is 4.74 Å². The second-order valence-corrected chi connectivity index (χ2v) is 6.13. The molecule has 1 atom stereocenters. The van der Waals surface area contributed by atoms with Gasteiger partial charge in [0.15, 0.2) is 0 Å². The Hall–Kier alpha value is -0.650. The fourth-order valence-electron chi connectivity index (χ4n) is 3.68. The second kappa shape index (κ2) is 8.11. The standard InChI is InChI=1S/C16H31N3O2/c1-3-18-11-5-7-16(8-13-18,15(20)21-4-2)19-12-6-9-17-10-14-19/h17H,3-14H2,1-2H3. The van der Waals surface area contributed by atoms with Crippen LogP contribution >= 0.6 is 0 Å². The summed E-state index contributed by atoms with van der Waals surface area (Å²) in [6.07, 6.45) is 4.03. The van der Waals surface area contributed by atoms with Crippen molar-refractivity contribution in [2.45, 2.75) is 45.1 Å². The maximum absolute atomic E-state index is 12.8. The van der Waals surface area contributed by atoms with Crippen LogP contribution in [0, 0.1) is 0 Å². The van der Waals surface area contributed by atoms with Crippen LogP contribution in [0.15, 0.2) is 0 Å². The molecule has 0 aromatic heterocycles. The smallest absolute Gasteiger partial charge is 0.326 e. The van der Waals surface area contributed by atoms with Gasteiger partial charge < -0.3 is 15.0 Å². The lowest BCUT2D eigenvalue weighted by molar-refractivity contribution is -0.159. The molecule has 0 bridgehead atoms. The number of hydrogen-bond acceptors (Lipinski definition) is 5. The molecule has 1 unspecified atom stereocenters. The maximum atomic E-state index is 12.8. The van der Waals surface area contributed by atoms with E-state index in [0.717, 1.165) is 71.5 Å². The van der Waals surface area contributed by atoms with Crippen molar-refractivity contribution >= 4 is 5.97 Å². The lowest BCUT2D eigenvalue weighted by Gasteiger charge is -2.41. The van der Waals surface area contributed by atoms with Crippen LogP contribution < -0.4 is 5.32 Å². The van der Waals surface area contributed by atoms with Crippen LogP contribution in [0.3, 0.4) is 0 Å². The minimum atomic E-state index is -0.397. The Bertz CT molecular complexity index is 329. The minimum Gasteiger partial charge on any atom is -0.465 e. The Labute approximate surface area is 129 Å². The number of hydrogen-bond donors (Lipinski definition) is 1. The molecule has 5 heteroatoms. The van der Waals surface area contributed by atoms with Gasteiger partial charge in [-0.05, 0) is 52.2 Å². The summed E-state index contributed by atoms with van der Waals surface area (Å²) < 4.78 is 5.48. The van der Waals surface area contributed by atoms with E-state index in [0.29, 0.717) is 6.61 Å². The molecular weight excluding hydrogens is 266 g/mol. The Morgan fingerprint density at radius 1 is 1.10 bits per heavy atom. The Kier molecular flexibility index (Phi) is 6.45. The zero-order valence-corrected chi connectivity index (χ0v) is 13.7. The third-order valence-corrected chi connectivity index (χ3v) is 4.95. The molecule has 0 aromatic rings. The SMILES string of the molecule is CCOC(=O)C1(N2CCCNCC2)CCCN(CC)CC1. The average molecular weight is 297 g/mol. The van der Waals surface area contributed by atoms with Crippen LogP contribution in [-0.2, 0) is 9.53 Å². The number of nitrogens with one attached hydrogen (secondary N) is 1. The molecule has 0 amide bonds. The van der Waals surface area contributed by atoms with Crippen molar-refractivity contribution < 1.29 is 9.53 Å². The van der Waals surface area contributed by atoms with E-state index in [1.807, 2.05) is 6.92 Å². The first kappa shape index (κ1) is 16.7. The van der Waals surface area contributed by atoms with Crippen molar-refractivity contribution in [3.8, 4) is 0 Å². The third-order valence-electron chi connectivity index (χ3n) is 4.95. The Morgan fingerprint density at radius 3 is 2.71 bits per heavy atom. The summed E-state index contributed by atoms with van der Waals surface area (Å²) in [6, 6.07) is 0. The molecule has 0 saturated carbocycles. The summed E-state index contributed by atoms with van der Waals surface area (Å²) in [7, 11) is 0. The third kappa shape index (κ3) is 3.96. The highest BCUT2D eigenvalue weighted by Gasteiger charge is 2.45. The first-order valence-electron chi connectivity index (χ1n) is 8.58. The topological polar surface area (TPSA) is 44.8 Å². The number of esters is 1. The van der Waals surface area contributed by atoms with Crippen molar-refractivity contribution in [2.24, 2.45) is 0 Å².